The second kappa shape index (κ2) is 6.02. The summed E-state index contributed by atoms with van der Waals surface area (Å²) in [5.41, 5.74) is 1.92. The molecule has 4 nitrogen and oxygen atoms in total. The van der Waals surface area contributed by atoms with Crippen molar-refractivity contribution in [2.75, 3.05) is 6.54 Å². The highest BCUT2D eigenvalue weighted by Gasteiger charge is 2.28. The number of nitrogens with one attached hydrogen (secondary N) is 2. The van der Waals surface area contributed by atoms with Gasteiger partial charge >= 0.3 is 6.03 Å². The molecule has 0 unspecified atom stereocenters. The van der Waals surface area contributed by atoms with Crippen LogP contribution in [0.25, 0.3) is 0 Å². The quantitative estimate of drug-likeness (QED) is 0.773. The summed E-state index contributed by atoms with van der Waals surface area (Å²) in [6.07, 6.45) is 1.66. The highest BCUT2D eigenvalue weighted by atomic mass is 19.1. The van der Waals surface area contributed by atoms with Crippen LogP contribution in [-0.2, 0) is 6.42 Å². The minimum Gasteiger partial charge on any atom is -0.393 e. The lowest BCUT2D eigenvalue weighted by Crippen LogP contribution is -2.50. The van der Waals surface area contributed by atoms with Gasteiger partial charge in [0.1, 0.15) is 5.82 Å². The third-order valence-electron chi connectivity index (χ3n) is 3.43. The molecule has 0 radical (unpaired) electrons. The summed E-state index contributed by atoms with van der Waals surface area (Å²) >= 11 is 0. The van der Waals surface area contributed by atoms with Gasteiger partial charge in [-0.15, -0.1) is 0 Å². The third kappa shape index (κ3) is 3.92. The van der Waals surface area contributed by atoms with Gasteiger partial charge in [0, 0.05) is 12.6 Å². The molecule has 1 aliphatic carbocycles. The van der Waals surface area contributed by atoms with Crippen molar-refractivity contribution in [2.45, 2.75) is 38.3 Å². The van der Waals surface area contributed by atoms with Crippen molar-refractivity contribution in [3.8, 4) is 0 Å². The second-order valence-corrected chi connectivity index (χ2v) is 5.04. The highest BCUT2D eigenvalue weighted by molar-refractivity contribution is 5.74. The molecule has 5 heteroatoms. The number of carbonyl (C=O) groups excluding carboxylic acids is 1. The topological polar surface area (TPSA) is 61.4 Å². The number of hydrogen-bond acceptors (Lipinski definition) is 2. The number of amides is 2. The zero-order valence-corrected chi connectivity index (χ0v) is 10.9. The molecule has 0 saturated heterocycles. The number of hydrogen-bond donors (Lipinski definition) is 3. The summed E-state index contributed by atoms with van der Waals surface area (Å²) in [5, 5.41) is 14.7. The molecule has 0 aliphatic heterocycles. The van der Waals surface area contributed by atoms with Crippen LogP contribution < -0.4 is 10.6 Å². The predicted octanol–water partition coefficient (Wildman–Crippen LogP) is 1.50. The molecular formula is C14H19FN2O2. The van der Waals surface area contributed by atoms with Crippen LogP contribution in [0, 0.1) is 12.7 Å². The van der Waals surface area contributed by atoms with Crippen LogP contribution in [0.2, 0.25) is 0 Å². The molecule has 0 bridgehead atoms. The normalized spacial score (nSPS) is 21.6. The van der Waals surface area contributed by atoms with Crippen LogP contribution in [0.15, 0.2) is 18.2 Å². The smallest absolute Gasteiger partial charge is 0.315 e. The highest BCUT2D eigenvalue weighted by Crippen LogP contribution is 2.18. The van der Waals surface area contributed by atoms with E-state index in [1.807, 2.05) is 6.92 Å². The van der Waals surface area contributed by atoms with Gasteiger partial charge in [-0.1, -0.05) is 6.07 Å². The Kier molecular flexibility index (Phi) is 4.37. The Balaban J connectivity index is 1.69. The Hall–Kier alpha value is -1.62. The summed E-state index contributed by atoms with van der Waals surface area (Å²) in [7, 11) is 0. The first-order valence-electron chi connectivity index (χ1n) is 6.52. The molecule has 3 N–H and O–H groups in total. The maximum absolute atomic E-state index is 12.9. The Morgan fingerprint density at radius 3 is 2.84 bits per heavy atom. The molecule has 0 heterocycles. The van der Waals surface area contributed by atoms with E-state index in [1.165, 1.54) is 12.1 Å². The van der Waals surface area contributed by atoms with E-state index in [-0.39, 0.29) is 24.0 Å². The number of aryl methyl sites for hydroxylation is 1. The van der Waals surface area contributed by atoms with Gasteiger partial charge < -0.3 is 15.7 Å². The summed E-state index contributed by atoms with van der Waals surface area (Å²) in [4.78, 5) is 11.5. The van der Waals surface area contributed by atoms with E-state index in [0.717, 1.165) is 11.1 Å². The minimum atomic E-state index is -0.271. The Morgan fingerprint density at radius 2 is 2.21 bits per heavy atom. The minimum absolute atomic E-state index is 0.0857. The average molecular weight is 266 g/mol. The van der Waals surface area contributed by atoms with Crippen LogP contribution >= 0.6 is 0 Å². The maximum Gasteiger partial charge on any atom is 0.315 e. The molecule has 0 aromatic heterocycles. The Labute approximate surface area is 112 Å². The van der Waals surface area contributed by atoms with E-state index >= 15 is 0 Å². The molecule has 0 atom stereocenters. The summed E-state index contributed by atoms with van der Waals surface area (Å²) in [6, 6.07) is 4.54. The number of halogens is 1. The lowest BCUT2D eigenvalue weighted by Gasteiger charge is -2.31. The van der Waals surface area contributed by atoms with E-state index in [2.05, 4.69) is 10.6 Å². The fourth-order valence-corrected chi connectivity index (χ4v) is 2.19. The molecule has 19 heavy (non-hydrogen) atoms. The van der Waals surface area contributed by atoms with E-state index in [0.29, 0.717) is 25.8 Å². The monoisotopic (exact) mass is 266 g/mol. The molecule has 1 fully saturated rings. The number of benzene rings is 1. The zero-order chi connectivity index (χ0) is 13.8. The lowest BCUT2D eigenvalue weighted by molar-refractivity contribution is 0.0663. The molecular weight excluding hydrogens is 247 g/mol. The first kappa shape index (κ1) is 13.8. The zero-order valence-electron chi connectivity index (χ0n) is 10.9. The van der Waals surface area contributed by atoms with Crippen molar-refractivity contribution in [3.05, 3.63) is 35.1 Å². The van der Waals surface area contributed by atoms with Gasteiger partial charge in [0.15, 0.2) is 0 Å². The molecule has 0 spiro atoms. The number of carbonyl (C=O) groups is 1. The SMILES string of the molecule is Cc1cc(F)ccc1CCNC(=O)NC1CC(O)C1. The van der Waals surface area contributed by atoms with Gasteiger partial charge in [0.25, 0.3) is 0 Å². The Bertz CT molecular complexity index is 459. The number of urea groups is 1. The van der Waals surface area contributed by atoms with Crippen LogP contribution in [0.5, 0.6) is 0 Å². The van der Waals surface area contributed by atoms with Crippen molar-refractivity contribution in [1.82, 2.24) is 10.6 Å². The molecule has 1 saturated carbocycles. The van der Waals surface area contributed by atoms with E-state index in [4.69, 9.17) is 5.11 Å². The van der Waals surface area contributed by atoms with E-state index in [1.54, 1.807) is 6.07 Å². The summed E-state index contributed by atoms with van der Waals surface area (Å²) in [5.74, 6) is -0.240. The van der Waals surface area contributed by atoms with Crippen LogP contribution in [0.4, 0.5) is 9.18 Å². The molecule has 2 amide bonds. The van der Waals surface area contributed by atoms with Crippen molar-refractivity contribution in [2.24, 2.45) is 0 Å². The van der Waals surface area contributed by atoms with Crippen LogP contribution in [0.3, 0.4) is 0 Å². The molecule has 1 aromatic rings. The predicted molar refractivity (Wildman–Crippen MR) is 70.4 cm³/mol. The van der Waals surface area contributed by atoms with Gasteiger partial charge in [0.2, 0.25) is 0 Å². The molecule has 1 aromatic carbocycles. The third-order valence-corrected chi connectivity index (χ3v) is 3.43. The number of aliphatic hydroxyl groups is 1. The lowest BCUT2D eigenvalue weighted by atomic mass is 9.90. The largest absolute Gasteiger partial charge is 0.393 e. The van der Waals surface area contributed by atoms with Crippen molar-refractivity contribution in [3.63, 3.8) is 0 Å². The van der Waals surface area contributed by atoms with E-state index < -0.39 is 0 Å². The summed E-state index contributed by atoms with van der Waals surface area (Å²) < 4.78 is 12.9. The van der Waals surface area contributed by atoms with Crippen molar-refractivity contribution in [1.29, 1.82) is 0 Å². The van der Waals surface area contributed by atoms with Crippen LogP contribution in [-0.4, -0.2) is 29.8 Å². The molecule has 2 rings (SSSR count). The first-order valence-corrected chi connectivity index (χ1v) is 6.52. The fraction of sp³-hybridized carbons (Fsp3) is 0.500. The average Bonchev–Trinajstić information content (AvgIpc) is 2.30. The standard InChI is InChI=1S/C14H19FN2O2/c1-9-6-11(15)3-2-10(9)4-5-16-14(19)17-12-7-13(18)8-12/h2-3,6,12-13,18H,4-5,7-8H2,1H3,(H2,16,17,19). The van der Waals surface area contributed by atoms with Gasteiger partial charge in [0.05, 0.1) is 6.10 Å². The second-order valence-electron chi connectivity index (χ2n) is 5.04. The molecule has 1 aliphatic rings. The van der Waals surface area contributed by atoms with Gasteiger partial charge in [-0.2, -0.15) is 0 Å². The van der Waals surface area contributed by atoms with Crippen molar-refractivity contribution < 1.29 is 14.3 Å². The van der Waals surface area contributed by atoms with Gasteiger partial charge in [-0.05, 0) is 49.4 Å². The summed E-state index contributed by atoms with van der Waals surface area (Å²) in [6.45, 7) is 2.36. The van der Waals surface area contributed by atoms with Crippen LogP contribution in [0.1, 0.15) is 24.0 Å². The first-order chi connectivity index (χ1) is 9.04. The van der Waals surface area contributed by atoms with Gasteiger partial charge in [-0.3, -0.25) is 0 Å². The van der Waals surface area contributed by atoms with Gasteiger partial charge in [-0.25, -0.2) is 9.18 Å². The number of aliphatic hydroxyl groups excluding tert-OH is 1. The fourth-order valence-electron chi connectivity index (χ4n) is 2.19. The number of rotatable bonds is 4. The maximum atomic E-state index is 12.9. The molecule has 104 valence electrons. The van der Waals surface area contributed by atoms with Crippen molar-refractivity contribution >= 4 is 6.03 Å². The Morgan fingerprint density at radius 1 is 1.47 bits per heavy atom. The van der Waals surface area contributed by atoms with E-state index in [9.17, 15) is 9.18 Å².